The summed E-state index contributed by atoms with van der Waals surface area (Å²) < 4.78 is 7.59. The number of nitrogens with one attached hydrogen (secondary N) is 2. The summed E-state index contributed by atoms with van der Waals surface area (Å²) >= 11 is 0. The van der Waals surface area contributed by atoms with Crippen molar-refractivity contribution in [3.05, 3.63) is 36.9 Å². The van der Waals surface area contributed by atoms with E-state index in [-0.39, 0.29) is 17.4 Å². The van der Waals surface area contributed by atoms with Crippen LogP contribution in [0.15, 0.2) is 36.9 Å². The Morgan fingerprint density at radius 3 is 2.87 bits per heavy atom. The average Bonchev–Trinajstić information content (AvgIpc) is 3.37. The molecule has 4 aromatic heterocycles. The number of amides is 1. The summed E-state index contributed by atoms with van der Waals surface area (Å²) in [5.41, 5.74) is 3.22. The highest BCUT2D eigenvalue weighted by molar-refractivity contribution is 5.97. The fourth-order valence-electron chi connectivity index (χ4n) is 4.55. The number of imidazole rings is 1. The number of rotatable bonds is 5. The molecule has 1 aliphatic carbocycles. The van der Waals surface area contributed by atoms with Crippen molar-refractivity contribution in [3.8, 4) is 17.0 Å². The van der Waals surface area contributed by atoms with E-state index < -0.39 is 0 Å². The molecule has 0 radical (unpaired) electrons. The van der Waals surface area contributed by atoms with Gasteiger partial charge in [-0.1, -0.05) is 6.92 Å². The monoisotopic (exact) mass is 419 g/mol. The quantitative estimate of drug-likeness (QED) is 0.516. The lowest BCUT2D eigenvalue weighted by Gasteiger charge is -2.45. The van der Waals surface area contributed by atoms with Crippen molar-refractivity contribution in [1.29, 1.82) is 0 Å². The summed E-state index contributed by atoms with van der Waals surface area (Å²) in [4.78, 5) is 30.8. The molecule has 1 saturated carbocycles. The summed E-state index contributed by atoms with van der Waals surface area (Å²) in [7, 11) is 5.20. The Morgan fingerprint density at radius 1 is 1.32 bits per heavy atom. The van der Waals surface area contributed by atoms with E-state index >= 15 is 0 Å². The maximum absolute atomic E-state index is 12.4. The van der Waals surface area contributed by atoms with Crippen LogP contribution in [0.3, 0.4) is 0 Å². The number of ether oxygens (including phenoxy) is 1. The first-order valence-electron chi connectivity index (χ1n) is 10.2. The normalized spacial score (nSPS) is 20.6. The van der Waals surface area contributed by atoms with Gasteiger partial charge in [0.05, 0.1) is 17.9 Å². The second-order valence-corrected chi connectivity index (χ2v) is 8.60. The van der Waals surface area contributed by atoms with Crippen LogP contribution < -0.4 is 10.1 Å². The number of aromatic amines is 1. The number of pyridine rings is 1. The topological polar surface area (TPSA) is 100 Å². The summed E-state index contributed by atoms with van der Waals surface area (Å²) in [6, 6.07) is 4.14. The lowest BCUT2D eigenvalue weighted by atomic mass is 9.66. The van der Waals surface area contributed by atoms with Crippen molar-refractivity contribution in [1.82, 2.24) is 29.2 Å². The van der Waals surface area contributed by atoms with Gasteiger partial charge >= 0.3 is 0 Å². The number of H-pyrrole nitrogens is 1. The van der Waals surface area contributed by atoms with Crippen LogP contribution in [0.4, 0.5) is 5.95 Å². The van der Waals surface area contributed by atoms with Crippen LogP contribution in [0.5, 0.6) is 5.88 Å². The van der Waals surface area contributed by atoms with Gasteiger partial charge in [-0.15, -0.1) is 0 Å². The molecule has 1 amide bonds. The van der Waals surface area contributed by atoms with Crippen molar-refractivity contribution in [2.24, 2.45) is 5.41 Å². The first-order chi connectivity index (χ1) is 14.9. The van der Waals surface area contributed by atoms with E-state index in [1.807, 2.05) is 42.0 Å². The fourth-order valence-corrected chi connectivity index (χ4v) is 4.55. The fraction of sp³-hybridized carbons (Fsp3) is 0.364. The van der Waals surface area contributed by atoms with E-state index in [9.17, 15) is 4.79 Å². The maximum Gasteiger partial charge on any atom is 0.228 e. The molecule has 31 heavy (non-hydrogen) atoms. The smallest absolute Gasteiger partial charge is 0.228 e. The van der Waals surface area contributed by atoms with Crippen LogP contribution in [-0.2, 0) is 4.79 Å². The lowest BCUT2D eigenvalue weighted by Crippen LogP contribution is -2.52. The Labute approximate surface area is 179 Å². The summed E-state index contributed by atoms with van der Waals surface area (Å²) in [6.45, 7) is 2.01. The SMILES string of the molecule is COc1nc(N[C@H]2C[C@@](C)(C(=O)N(C)C)C2)nc2[nH]cc(-c3ccc4nccn4c3)c12. The third-order valence-electron chi connectivity index (χ3n) is 6.04. The second kappa shape index (κ2) is 6.97. The molecule has 160 valence electrons. The zero-order valence-electron chi connectivity index (χ0n) is 18.0. The van der Waals surface area contributed by atoms with Gasteiger partial charge in [-0.3, -0.25) is 4.79 Å². The van der Waals surface area contributed by atoms with E-state index in [1.165, 1.54) is 0 Å². The molecule has 4 aromatic rings. The number of hydrogen-bond acceptors (Lipinski definition) is 6. The molecule has 2 N–H and O–H groups in total. The third kappa shape index (κ3) is 3.17. The summed E-state index contributed by atoms with van der Waals surface area (Å²) in [5, 5.41) is 4.19. The number of anilines is 1. The van der Waals surface area contributed by atoms with Crippen LogP contribution in [-0.4, -0.2) is 62.4 Å². The first-order valence-corrected chi connectivity index (χ1v) is 10.2. The van der Waals surface area contributed by atoms with Crippen molar-refractivity contribution >= 4 is 28.5 Å². The molecule has 1 fully saturated rings. The van der Waals surface area contributed by atoms with Crippen molar-refractivity contribution < 1.29 is 9.53 Å². The zero-order chi connectivity index (χ0) is 21.8. The van der Waals surface area contributed by atoms with Gasteiger partial charge in [0.1, 0.15) is 11.3 Å². The van der Waals surface area contributed by atoms with Crippen LogP contribution in [0.1, 0.15) is 19.8 Å². The molecule has 9 heteroatoms. The number of hydrogen-bond donors (Lipinski definition) is 2. The van der Waals surface area contributed by atoms with E-state index in [0.717, 1.165) is 35.0 Å². The summed E-state index contributed by atoms with van der Waals surface area (Å²) in [5.74, 6) is 1.15. The third-order valence-corrected chi connectivity index (χ3v) is 6.04. The van der Waals surface area contributed by atoms with Crippen LogP contribution >= 0.6 is 0 Å². The Kier molecular flexibility index (Phi) is 4.35. The van der Waals surface area contributed by atoms with E-state index in [2.05, 4.69) is 25.3 Å². The molecule has 0 saturated heterocycles. The minimum absolute atomic E-state index is 0.147. The highest BCUT2D eigenvalue weighted by atomic mass is 16.5. The van der Waals surface area contributed by atoms with Crippen LogP contribution in [0.25, 0.3) is 27.8 Å². The largest absolute Gasteiger partial charge is 0.480 e. The van der Waals surface area contributed by atoms with Gasteiger partial charge in [0.25, 0.3) is 0 Å². The van der Waals surface area contributed by atoms with Crippen LogP contribution in [0, 0.1) is 5.41 Å². The maximum atomic E-state index is 12.4. The number of methoxy groups -OCH3 is 1. The Morgan fingerprint density at radius 2 is 2.13 bits per heavy atom. The number of nitrogens with zero attached hydrogens (tertiary/aromatic N) is 5. The number of fused-ring (bicyclic) bond motifs is 2. The molecule has 0 unspecified atom stereocenters. The number of carbonyl (C=O) groups is 1. The van der Waals surface area contributed by atoms with Gasteiger partial charge < -0.3 is 24.3 Å². The molecule has 0 bridgehead atoms. The Hall–Kier alpha value is -3.62. The molecule has 5 rings (SSSR count). The standard InChI is InChI=1S/C22H25N7O2/c1-22(20(30)28(2)3)9-14(10-22)25-21-26-18-17(19(27-21)31-4)15(11-24-18)13-5-6-16-23-7-8-29(16)12-13/h5-8,11-12,14H,9-10H2,1-4H3,(H2,24,25,26,27)/t14-,22+. The second-order valence-electron chi connectivity index (χ2n) is 8.60. The molecule has 0 spiro atoms. The lowest BCUT2D eigenvalue weighted by molar-refractivity contribution is -0.143. The number of aromatic nitrogens is 5. The van der Waals surface area contributed by atoms with Gasteiger partial charge in [-0.25, -0.2) is 4.98 Å². The van der Waals surface area contributed by atoms with Gasteiger partial charge in [-0.05, 0) is 25.0 Å². The first kappa shape index (κ1) is 19.3. The van der Waals surface area contributed by atoms with Gasteiger partial charge in [0.15, 0.2) is 0 Å². The molecule has 4 heterocycles. The molecule has 0 aromatic carbocycles. The predicted octanol–water partition coefficient (Wildman–Crippen LogP) is 2.95. The molecule has 0 atom stereocenters. The highest BCUT2D eigenvalue weighted by Gasteiger charge is 2.47. The molecular weight excluding hydrogens is 394 g/mol. The van der Waals surface area contributed by atoms with Crippen molar-refractivity contribution in [2.45, 2.75) is 25.8 Å². The Bertz CT molecular complexity index is 1280. The molecular formula is C22H25N7O2. The van der Waals surface area contributed by atoms with Gasteiger partial charge in [0, 0.05) is 56.1 Å². The number of carbonyl (C=O) groups excluding carboxylic acids is 1. The van der Waals surface area contributed by atoms with Crippen molar-refractivity contribution in [3.63, 3.8) is 0 Å². The highest BCUT2D eigenvalue weighted by Crippen LogP contribution is 2.43. The van der Waals surface area contributed by atoms with Gasteiger partial charge in [-0.2, -0.15) is 9.97 Å². The van der Waals surface area contributed by atoms with Crippen LogP contribution in [0.2, 0.25) is 0 Å². The van der Waals surface area contributed by atoms with Gasteiger partial charge in [0.2, 0.25) is 17.7 Å². The summed E-state index contributed by atoms with van der Waals surface area (Å²) in [6.07, 6.45) is 9.11. The minimum Gasteiger partial charge on any atom is -0.480 e. The molecule has 1 aliphatic rings. The van der Waals surface area contributed by atoms with E-state index in [1.54, 1.807) is 32.3 Å². The zero-order valence-corrected chi connectivity index (χ0v) is 18.0. The molecule has 0 aliphatic heterocycles. The van der Waals surface area contributed by atoms with E-state index in [4.69, 9.17) is 4.74 Å². The Balaban J connectivity index is 1.43. The average molecular weight is 419 g/mol. The van der Waals surface area contributed by atoms with E-state index in [0.29, 0.717) is 17.5 Å². The van der Waals surface area contributed by atoms with Crippen molar-refractivity contribution in [2.75, 3.05) is 26.5 Å². The molecule has 9 nitrogen and oxygen atoms in total. The predicted molar refractivity (Wildman–Crippen MR) is 118 cm³/mol. The minimum atomic E-state index is -0.332.